The van der Waals surface area contributed by atoms with Gasteiger partial charge in [0.25, 0.3) is 0 Å². The van der Waals surface area contributed by atoms with E-state index in [0.29, 0.717) is 27.3 Å². The number of hydrogen-bond donors (Lipinski definition) is 1. The molecule has 1 aliphatic rings. The first-order chi connectivity index (χ1) is 9.15. The Morgan fingerprint density at radius 2 is 2.05 bits per heavy atom. The summed E-state index contributed by atoms with van der Waals surface area (Å²) in [5, 5.41) is 0.492. The normalized spacial score (nSPS) is 18.5. The van der Waals surface area contributed by atoms with Gasteiger partial charge in [0.15, 0.2) is 0 Å². The van der Waals surface area contributed by atoms with E-state index in [1.54, 1.807) is 18.2 Å². The lowest BCUT2D eigenvalue weighted by Gasteiger charge is -2.29. The third kappa shape index (κ3) is 2.40. The van der Waals surface area contributed by atoms with Gasteiger partial charge in [0.05, 0.1) is 20.7 Å². The van der Waals surface area contributed by atoms with Crippen molar-refractivity contribution in [2.24, 2.45) is 0 Å². The Labute approximate surface area is 120 Å². The van der Waals surface area contributed by atoms with Gasteiger partial charge in [-0.05, 0) is 35.7 Å². The zero-order chi connectivity index (χ0) is 13.4. The zero-order valence-electron chi connectivity index (χ0n) is 10.3. The van der Waals surface area contributed by atoms with E-state index >= 15 is 0 Å². The molecule has 0 fully saturated rings. The van der Waals surface area contributed by atoms with Crippen LogP contribution in [-0.2, 0) is 17.2 Å². The summed E-state index contributed by atoms with van der Waals surface area (Å²) in [6, 6.07) is 13.5. The van der Waals surface area contributed by atoms with Crippen molar-refractivity contribution in [1.29, 1.82) is 0 Å². The number of halogens is 1. The fourth-order valence-electron chi connectivity index (χ4n) is 2.49. The molecule has 2 unspecified atom stereocenters. The quantitative estimate of drug-likeness (QED) is 0.881. The molecule has 3 rings (SSSR count). The van der Waals surface area contributed by atoms with Gasteiger partial charge in [0.1, 0.15) is 0 Å². The Bertz CT molecular complexity index is 656. The van der Waals surface area contributed by atoms with Gasteiger partial charge in [0.2, 0.25) is 0 Å². The Hall–Kier alpha value is -1.32. The number of nitrogen functional groups attached to an aromatic ring is 1. The van der Waals surface area contributed by atoms with E-state index in [9.17, 15) is 4.21 Å². The van der Waals surface area contributed by atoms with Gasteiger partial charge in [-0.15, -0.1) is 0 Å². The Kier molecular flexibility index (Phi) is 3.33. The summed E-state index contributed by atoms with van der Waals surface area (Å²) in [4.78, 5) is 0.681. The van der Waals surface area contributed by atoms with Crippen molar-refractivity contribution in [3.05, 3.63) is 58.6 Å². The van der Waals surface area contributed by atoms with Crippen LogP contribution >= 0.6 is 11.6 Å². The summed E-state index contributed by atoms with van der Waals surface area (Å²) in [6.07, 6.45) is 1.01. The minimum atomic E-state index is -1.08. The molecule has 0 radical (unpaired) electrons. The highest BCUT2D eigenvalue weighted by Crippen LogP contribution is 2.36. The van der Waals surface area contributed by atoms with Gasteiger partial charge < -0.3 is 5.73 Å². The molecule has 2 N–H and O–H groups in total. The summed E-state index contributed by atoms with van der Waals surface area (Å²) in [5.41, 5.74) is 8.93. The second-order valence-electron chi connectivity index (χ2n) is 4.80. The van der Waals surface area contributed by atoms with Crippen LogP contribution in [0.2, 0.25) is 5.02 Å². The molecule has 0 spiro atoms. The molecule has 0 aromatic heterocycles. The number of benzene rings is 2. The molecule has 98 valence electrons. The largest absolute Gasteiger partial charge is 0.399 e. The standard InChI is InChI=1S/C15H14ClNOS/c16-14-8-12(17)5-6-15(14)19(18)9-11-7-10-3-1-2-4-13(10)11/h1-6,8,11H,7,9,17H2. The van der Waals surface area contributed by atoms with Crippen molar-refractivity contribution in [3.8, 4) is 0 Å². The highest BCUT2D eigenvalue weighted by molar-refractivity contribution is 7.85. The molecule has 0 saturated carbocycles. The molecule has 0 saturated heterocycles. The number of fused-ring (bicyclic) bond motifs is 1. The van der Waals surface area contributed by atoms with Crippen LogP contribution in [0.4, 0.5) is 5.69 Å². The lowest BCUT2D eigenvalue weighted by atomic mass is 9.79. The summed E-state index contributed by atoms with van der Waals surface area (Å²) < 4.78 is 12.4. The Morgan fingerprint density at radius 1 is 1.26 bits per heavy atom. The van der Waals surface area contributed by atoms with Crippen molar-refractivity contribution < 1.29 is 4.21 Å². The summed E-state index contributed by atoms with van der Waals surface area (Å²) in [7, 11) is -1.08. The average molecular weight is 292 g/mol. The van der Waals surface area contributed by atoms with Crippen molar-refractivity contribution in [2.75, 3.05) is 11.5 Å². The van der Waals surface area contributed by atoms with Gasteiger partial charge in [-0.25, -0.2) is 0 Å². The van der Waals surface area contributed by atoms with Gasteiger partial charge >= 0.3 is 0 Å². The number of hydrogen-bond acceptors (Lipinski definition) is 2. The van der Waals surface area contributed by atoms with Crippen LogP contribution in [-0.4, -0.2) is 9.96 Å². The lowest BCUT2D eigenvalue weighted by Crippen LogP contribution is -2.22. The first-order valence-electron chi connectivity index (χ1n) is 6.16. The molecular formula is C15H14ClNOS. The van der Waals surface area contributed by atoms with Crippen LogP contribution < -0.4 is 5.73 Å². The van der Waals surface area contributed by atoms with Crippen LogP contribution in [0, 0.1) is 0 Å². The summed E-state index contributed by atoms with van der Waals surface area (Å²) in [5.74, 6) is 1.01. The molecule has 2 nitrogen and oxygen atoms in total. The number of nitrogens with two attached hydrogens (primary N) is 1. The monoisotopic (exact) mass is 291 g/mol. The number of rotatable bonds is 3. The first kappa shape index (κ1) is 12.7. The minimum absolute atomic E-state index is 0.380. The SMILES string of the molecule is Nc1ccc(S(=O)CC2Cc3ccccc32)c(Cl)c1. The molecule has 0 aliphatic heterocycles. The zero-order valence-corrected chi connectivity index (χ0v) is 11.9. The maximum absolute atomic E-state index is 12.4. The molecule has 0 amide bonds. The fraction of sp³-hybridized carbons (Fsp3) is 0.200. The Morgan fingerprint density at radius 3 is 2.79 bits per heavy atom. The van der Waals surface area contributed by atoms with E-state index in [2.05, 4.69) is 12.1 Å². The van der Waals surface area contributed by atoms with Crippen molar-refractivity contribution in [2.45, 2.75) is 17.2 Å². The highest BCUT2D eigenvalue weighted by Gasteiger charge is 2.27. The molecule has 0 bridgehead atoms. The Balaban J connectivity index is 1.77. The molecule has 0 heterocycles. The lowest BCUT2D eigenvalue weighted by molar-refractivity contribution is 0.644. The van der Waals surface area contributed by atoms with Gasteiger partial charge in [0, 0.05) is 17.4 Å². The summed E-state index contributed by atoms with van der Waals surface area (Å²) >= 11 is 6.10. The van der Waals surface area contributed by atoms with Crippen LogP contribution in [0.1, 0.15) is 17.0 Å². The molecule has 2 aromatic rings. The van der Waals surface area contributed by atoms with Crippen LogP contribution in [0.15, 0.2) is 47.4 Å². The molecule has 1 aliphatic carbocycles. The van der Waals surface area contributed by atoms with E-state index < -0.39 is 10.8 Å². The second kappa shape index (κ2) is 4.99. The van der Waals surface area contributed by atoms with E-state index in [1.807, 2.05) is 12.1 Å². The topological polar surface area (TPSA) is 43.1 Å². The summed E-state index contributed by atoms with van der Waals surface area (Å²) in [6.45, 7) is 0. The molecule has 4 heteroatoms. The van der Waals surface area contributed by atoms with Crippen molar-refractivity contribution in [1.82, 2.24) is 0 Å². The fourth-order valence-corrected chi connectivity index (χ4v) is 4.27. The van der Waals surface area contributed by atoms with Gasteiger partial charge in [-0.2, -0.15) is 0 Å². The van der Waals surface area contributed by atoms with Crippen LogP contribution in [0.25, 0.3) is 0 Å². The van der Waals surface area contributed by atoms with Gasteiger partial charge in [-0.1, -0.05) is 35.9 Å². The predicted octanol–water partition coefficient (Wildman–Crippen LogP) is 3.37. The second-order valence-corrected chi connectivity index (χ2v) is 6.67. The molecule has 19 heavy (non-hydrogen) atoms. The maximum Gasteiger partial charge on any atom is 0.0587 e. The maximum atomic E-state index is 12.4. The van der Waals surface area contributed by atoms with Crippen LogP contribution in [0.5, 0.6) is 0 Å². The van der Waals surface area contributed by atoms with Crippen molar-refractivity contribution in [3.63, 3.8) is 0 Å². The third-order valence-corrected chi connectivity index (χ3v) is 5.49. The molecular weight excluding hydrogens is 278 g/mol. The van der Waals surface area contributed by atoms with E-state index in [0.717, 1.165) is 6.42 Å². The van der Waals surface area contributed by atoms with Crippen LogP contribution in [0.3, 0.4) is 0 Å². The van der Waals surface area contributed by atoms with Gasteiger partial charge in [-0.3, -0.25) is 4.21 Å². The van der Waals surface area contributed by atoms with E-state index in [4.69, 9.17) is 17.3 Å². The third-order valence-electron chi connectivity index (χ3n) is 3.52. The van der Waals surface area contributed by atoms with Crippen molar-refractivity contribution >= 4 is 28.1 Å². The van der Waals surface area contributed by atoms with E-state index in [-0.39, 0.29) is 0 Å². The smallest absolute Gasteiger partial charge is 0.0587 e. The molecule has 2 aromatic carbocycles. The highest BCUT2D eigenvalue weighted by atomic mass is 35.5. The number of anilines is 1. The average Bonchev–Trinajstić information content (AvgIpc) is 2.35. The van der Waals surface area contributed by atoms with E-state index in [1.165, 1.54) is 11.1 Å². The minimum Gasteiger partial charge on any atom is -0.399 e. The predicted molar refractivity (Wildman–Crippen MR) is 80.0 cm³/mol. The molecule has 2 atom stereocenters. The first-order valence-corrected chi connectivity index (χ1v) is 7.86.